The van der Waals surface area contributed by atoms with E-state index in [1.807, 2.05) is 0 Å². The van der Waals surface area contributed by atoms with Crippen LogP contribution in [0.15, 0.2) is 36.4 Å². The van der Waals surface area contributed by atoms with Crippen molar-refractivity contribution in [2.24, 2.45) is 5.73 Å². The molecule has 0 spiro atoms. The van der Waals surface area contributed by atoms with E-state index in [4.69, 9.17) is 10.5 Å². The van der Waals surface area contributed by atoms with Crippen LogP contribution in [-0.2, 0) is 12.0 Å². The highest BCUT2D eigenvalue weighted by Gasteiger charge is 2.30. The number of aryl methyl sites for hydroxylation is 3. The predicted octanol–water partition coefficient (Wildman–Crippen LogP) is 3.85. The van der Waals surface area contributed by atoms with Gasteiger partial charge in [-0.15, -0.1) is 0 Å². The maximum atomic E-state index is 6.77. The van der Waals surface area contributed by atoms with Crippen LogP contribution in [0.4, 0.5) is 0 Å². The van der Waals surface area contributed by atoms with Crippen LogP contribution < -0.4 is 10.5 Å². The summed E-state index contributed by atoms with van der Waals surface area (Å²) in [7, 11) is 0. The molecule has 1 heterocycles. The summed E-state index contributed by atoms with van der Waals surface area (Å²) in [5, 5.41) is 0. The Bertz CT molecular complexity index is 673. The highest BCUT2D eigenvalue weighted by molar-refractivity contribution is 5.52. The second kappa shape index (κ2) is 5.19. The lowest BCUT2D eigenvalue weighted by atomic mass is 9.81. The van der Waals surface area contributed by atoms with Gasteiger partial charge in [0, 0.05) is 5.56 Å². The van der Waals surface area contributed by atoms with Gasteiger partial charge in [0.25, 0.3) is 0 Å². The van der Waals surface area contributed by atoms with Gasteiger partial charge in [-0.3, -0.25) is 0 Å². The number of rotatable bonds is 2. The molecular weight excluding hydrogens is 258 g/mol. The molecule has 2 N–H and O–H groups in total. The van der Waals surface area contributed by atoms with E-state index in [0.717, 1.165) is 30.8 Å². The lowest BCUT2D eigenvalue weighted by Gasteiger charge is -2.32. The summed E-state index contributed by atoms with van der Waals surface area (Å²) in [6, 6.07) is 12.8. The topological polar surface area (TPSA) is 35.2 Å². The molecule has 2 aromatic carbocycles. The van der Waals surface area contributed by atoms with Crippen LogP contribution in [0.25, 0.3) is 0 Å². The van der Waals surface area contributed by atoms with E-state index in [2.05, 4.69) is 57.2 Å². The zero-order chi connectivity index (χ0) is 15.0. The number of para-hydroxylation sites is 1. The average molecular weight is 281 g/mol. The van der Waals surface area contributed by atoms with Gasteiger partial charge < -0.3 is 10.5 Å². The lowest BCUT2D eigenvalue weighted by molar-refractivity contribution is 0.280. The molecule has 21 heavy (non-hydrogen) atoms. The molecule has 3 rings (SSSR count). The molecule has 0 bridgehead atoms. The largest absolute Gasteiger partial charge is 0.493 e. The van der Waals surface area contributed by atoms with Gasteiger partial charge in [-0.05, 0) is 50.3 Å². The normalized spacial score (nSPS) is 16.8. The fourth-order valence-electron chi connectivity index (χ4n) is 3.24. The Morgan fingerprint density at radius 1 is 1.10 bits per heavy atom. The lowest BCUT2D eigenvalue weighted by Crippen LogP contribution is -2.36. The monoisotopic (exact) mass is 281 g/mol. The minimum Gasteiger partial charge on any atom is -0.493 e. The molecule has 1 atom stereocenters. The molecule has 0 aromatic heterocycles. The van der Waals surface area contributed by atoms with Crippen LogP contribution in [0.3, 0.4) is 0 Å². The number of hydrogen-bond donors (Lipinski definition) is 1. The molecule has 0 aliphatic carbocycles. The van der Waals surface area contributed by atoms with Gasteiger partial charge in [-0.1, -0.05) is 42.0 Å². The molecule has 2 heteroatoms. The third-order valence-corrected chi connectivity index (χ3v) is 4.45. The van der Waals surface area contributed by atoms with Crippen LogP contribution >= 0.6 is 0 Å². The van der Waals surface area contributed by atoms with Gasteiger partial charge in [0.2, 0.25) is 0 Å². The first-order valence-electron chi connectivity index (χ1n) is 7.62. The SMILES string of the molecule is Cc1ccc(C)c(C(C)(N)c2cccc3c2OCCC3)c1. The van der Waals surface area contributed by atoms with Crippen molar-refractivity contribution in [3.8, 4) is 5.75 Å². The standard InChI is InChI=1S/C19H23NO/c1-13-9-10-14(2)17(12-13)19(3,20)16-8-4-6-15-7-5-11-21-18(15)16/h4,6,8-10,12H,5,7,11,20H2,1-3H3. The molecular formula is C19H23NO. The van der Waals surface area contributed by atoms with Crippen molar-refractivity contribution in [1.29, 1.82) is 0 Å². The van der Waals surface area contributed by atoms with Gasteiger partial charge >= 0.3 is 0 Å². The highest BCUT2D eigenvalue weighted by Crippen LogP contribution is 2.39. The van der Waals surface area contributed by atoms with Crippen molar-refractivity contribution >= 4 is 0 Å². The molecule has 0 amide bonds. The fraction of sp³-hybridized carbons (Fsp3) is 0.368. The Hall–Kier alpha value is -1.80. The summed E-state index contributed by atoms with van der Waals surface area (Å²) in [4.78, 5) is 0. The van der Waals surface area contributed by atoms with Gasteiger partial charge in [0.05, 0.1) is 12.1 Å². The van der Waals surface area contributed by atoms with E-state index < -0.39 is 5.54 Å². The molecule has 2 nitrogen and oxygen atoms in total. The Labute approximate surface area is 126 Å². The second-order valence-corrected chi connectivity index (χ2v) is 6.27. The van der Waals surface area contributed by atoms with E-state index in [-0.39, 0.29) is 0 Å². The van der Waals surface area contributed by atoms with Crippen LogP contribution in [0.2, 0.25) is 0 Å². The van der Waals surface area contributed by atoms with E-state index >= 15 is 0 Å². The first-order chi connectivity index (χ1) is 10.00. The summed E-state index contributed by atoms with van der Waals surface area (Å²) < 4.78 is 5.95. The van der Waals surface area contributed by atoms with Crippen molar-refractivity contribution in [1.82, 2.24) is 0 Å². The maximum Gasteiger partial charge on any atom is 0.127 e. The summed E-state index contributed by atoms with van der Waals surface area (Å²) in [6.45, 7) is 7.10. The minimum atomic E-state index is -0.543. The first kappa shape index (κ1) is 14.2. The molecule has 0 saturated heterocycles. The Balaban J connectivity index is 2.16. The smallest absolute Gasteiger partial charge is 0.127 e. The Morgan fingerprint density at radius 3 is 2.71 bits per heavy atom. The zero-order valence-electron chi connectivity index (χ0n) is 13.1. The van der Waals surface area contributed by atoms with E-state index in [9.17, 15) is 0 Å². The average Bonchev–Trinajstić information content (AvgIpc) is 2.49. The van der Waals surface area contributed by atoms with Crippen LogP contribution in [0, 0.1) is 13.8 Å². The van der Waals surface area contributed by atoms with Crippen molar-refractivity contribution in [3.63, 3.8) is 0 Å². The van der Waals surface area contributed by atoms with Crippen molar-refractivity contribution in [2.45, 2.75) is 39.2 Å². The second-order valence-electron chi connectivity index (χ2n) is 6.27. The fourth-order valence-corrected chi connectivity index (χ4v) is 3.24. The van der Waals surface area contributed by atoms with Crippen molar-refractivity contribution in [2.75, 3.05) is 6.61 Å². The van der Waals surface area contributed by atoms with E-state index in [1.54, 1.807) is 0 Å². The molecule has 110 valence electrons. The molecule has 1 aliphatic heterocycles. The van der Waals surface area contributed by atoms with E-state index in [1.165, 1.54) is 22.3 Å². The van der Waals surface area contributed by atoms with Gasteiger partial charge in [-0.2, -0.15) is 0 Å². The number of ether oxygens (including phenoxy) is 1. The summed E-state index contributed by atoms with van der Waals surface area (Å²) >= 11 is 0. The van der Waals surface area contributed by atoms with Gasteiger partial charge in [-0.25, -0.2) is 0 Å². The molecule has 1 aliphatic rings. The summed E-state index contributed by atoms with van der Waals surface area (Å²) in [5.74, 6) is 0.995. The Morgan fingerprint density at radius 2 is 1.90 bits per heavy atom. The first-order valence-corrected chi connectivity index (χ1v) is 7.62. The molecule has 2 aromatic rings. The van der Waals surface area contributed by atoms with Gasteiger partial charge in [0.1, 0.15) is 5.75 Å². The van der Waals surface area contributed by atoms with Gasteiger partial charge in [0.15, 0.2) is 0 Å². The predicted molar refractivity (Wildman–Crippen MR) is 86.8 cm³/mol. The summed E-state index contributed by atoms with van der Waals surface area (Å²) in [5.41, 5.74) is 12.2. The molecule has 0 saturated carbocycles. The quantitative estimate of drug-likeness (QED) is 0.907. The van der Waals surface area contributed by atoms with Crippen molar-refractivity contribution in [3.05, 3.63) is 64.2 Å². The number of fused-ring (bicyclic) bond motifs is 1. The third-order valence-electron chi connectivity index (χ3n) is 4.45. The third kappa shape index (κ3) is 2.44. The van der Waals surface area contributed by atoms with Crippen LogP contribution in [0.5, 0.6) is 5.75 Å². The number of nitrogens with two attached hydrogens (primary N) is 1. The Kier molecular flexibility index (Phi) is 3.50. The minimum absolute atomic E-state index is 0.543. The summed E-state index contributed by atoms with van der Waals surface area (Å²) in [6.07, 6.45) is 2.16. The highest BCUT2D eigenvalue weighted by atomic mass is 16.5. The maximum absolute atomic E-state index is 6.77. The molecule has 1 unspecified atom stereocenters. The zero-order valence-corrected chi connectivity index (χ0v) is 13.1. The molecule has 0 fully saturated rings. The van der Waals surface area contributed by atoms with Crippen LogP contribution in [0.1, 0.15) is 41.2 Å². The van der Waals surface area contributed by atoms with Crippen LogP contribution in [-0.4, -0.2) is 6.61 Å². The number of hydrogen-bond acceptors (Lipinski definition) is 2. The number of benzene rings is 2. The van der Waals surface area contributed by atoms with E-state index in [0.29, 0.717) is 0 Å². The van der Waals surface area contributed by atoms with Crippen molar-refractivity contribution < 1.29 is 4.74 Å². The molecule has 0 radical (unpaired) electrons.